The standard InChI is InChI=1S/C14H17NO2/c1-13(2)7-8-14(9-17-12(16)15-14)11-6-4-3-5-10(11)13/h3-6H,7-9H2,1-2H3,(H,15,16). The Hall–Kier alpha value is -1.51. The minimum atomic E-state index is -0.292. The van der Waals surface area contributed by atoms with Crippen LogP contribution in [-0.4, -0.2) is 12.7 Å². The first kappa shape index (κ1) is 10.6. The first-order valence-corrected chi connectivity index (χ1v) is 6.08. The normalized spacial score (nSPS) is 29.6. The summed E-state index contributed by atoms with van der Waals surface area (Å²) >= 11 is 0. The molecule has 1 heterocycles. The van der Waals surface area contributed by atoms with Gasteiger partial charge in [-0.25, -0.2) is 4.79 Å². The molecule has 0 radical (unpaired) electrons. The second kappa shape index (κ2) is 3.25. The maximum Gasteiger partial charge on any atom is 0.408 e. The fraction of sp³-hybridized carbons (Fsp3) is 0.500. The molecule has 1 spiro atoms. The van der Waals surface area contributed by atoms with Crippen LogP contribution in [0.2, 0.25) is 0 Å². The molecule has 17 heavy (non-hydrogen) atoms. The summed E-state index contributed by atoms with van der Waals surface area (Å²) in [5.74, 6) is 0. The molecule has 1 aromatic rings. The quantitative estimate of drug-likeness (QED) is 0.745. The van der Waals surface area contributed by atoms with E-state index in [-0.39, 0.29) is 17.0 Å². The summed E-state index contributed by atoms with van der Waals surface area (Å²) in [4.78, 5) is 11.4. The third-order valence-electron chi connectivity index (χ3n) is 4.14. The van der Waals surface area contributed by atoms with Crippen molar-refractivity contribution in [1.29, 1.82) is 0 Å². The van der Waals surface area contributed by atoms with Crippen LogP contribution in [0.25, 0.3) is 0 Å². The van der Waals surface area contributed by atoms with Crippen LogP contribution in [0, 0.1) is 0 Å². The van der Waals surface area contributed by atoms with Crippen LogP contribution < -0.4 is 5.32 Å². The van der Waals surface area contributed by atoms with E-state index in [0.717, 1.165) is 12.8 Å². The van der Waals surface area contributed by atoms with E-state index >= 15 is 0 Å². The van der Waals surface area contributed by atoms with Gasteiger partial charge in [-0.3, -0.25) is 0 Å². The van der Waals surface area contributed by atoms with Gasteiger partial charge >= 0.3 is 6.09 Å². The molecule has 1 aliphatic heterocycles. The molecule has 1 aliphatic carbocycles. The second-order valence-electron chi connectivity index (χ2n) is 5.71. The topological polar surface area (TPSA) is 38.3 Å². The van der Waals surface area contributed by atoms with Crippen LogP contribution in [0.1, 0.15) is 37.8 Å². The predicted octanol–water partition coefficient (Wildman–Crippen LogP) is 2.69. The maximum absolute atomic E-state index is 11.4. The minimum absolute atomic E-state index is 0.176. The molecule has 3 heteroatoms. The summed E-state index contributed by atoms with van der Waals surface area (Å²) < 4.78 is 5.12. The second-order valence-corrected chi connectivity index (χ2v) is 5.71. The van der Waals surface area contributed by atoms with E-state index in [4.69, 9.17) is 4.74 Å². The van der Waals surface area contributed by atoms with Crippen LogP contribution in [-0.2, 0) is 15.7 Å². The number of cyclic esters (lactones) is 1. The number of nitrogens with one attached hydrogen (secondary N) is 1. The van der Waals surface area contributed by atoms with Crippen molar-refractivity contribution in [3.63, 3.8) is 0 Å². The number of ether oxygens (including phenoxy) is 1. The molecule has 1 atom stereocenters. The third-order valence-corrected chi connectivity index (χ3v) is 4.14. The van der Waals surface area contributed by atoms with Gasteiger partial charge in [0.25, 0.3) is 0 Å². The van der Waals surface area contributed by atoms with Gasteiger partial charge in [-0.15, -0.1) is 0 Å². The molecule has 1 amide bonds. The van der Waals surface area contributed by atoms with Crippen molar-refractivity contribution in [2.75, 3.05) is 6.61 Å². The Bertz CT molecular complexity index is 481. The molecular weight excluding hydrogens is 214 g/mol. The van der Waals surface area contributed by atoms with Crippen molar-refractivity contribution in [3.05, 3.63) is 35.4 Å². The molecule has 0 saturated carbocycles. The lowest BCUT2D eigenvalue weighted by Crippen LogP contribution is -2.46. The van der Waals surface area contributed by atoms with Gasteiger partial charge in [0.2, 0.25) is 0 Å². The van der Waals surface area contributed by atoms with E-state index in [0.29, 0.717) is 6.61 Å². The first-order valence-electron chi connectivity index (χ1n) is 6.08. The molecule has 0 bridgehead atoms. The number of amides is 1. The summed E-state index contributed by atoms with van der Waals surface area (Å²) in [6.45, 7) is 4.98. The summed E-state index contributed by atoms with van der Waals surface area (Å²) in [6.07, 6.45) is 1.72. The van der Waals surface area contributed by atoms with Gasteiger partial charge < -0.3 is 10.1 Å². The zero-order valence-corrected chi connectivity index (χ0v) is 10.2. The third kappa shape index (κ3) is 1.45. The SMILES string of the molecule is CC1(C)CCC2(COC(=O)N2)c2ccccc21. The Balaban J connectivity index is 2.15. The highest BCUT2D eigenvalue weighted by Gasteiger charge is 2.47. The van der Waals surface area contributed by atoms with Crippen molar-refractivity contribution in [2.24, 2.45) is 0 Å². The summed E-state index contributed by atoms with van der Waals surface area (Å²) in [7, 11) is 0. The Morgan fingerprint density at radius 2 is 1.88 bits per heavy atom. The number of carbonyl (C=O) groups excluding carboxylic acids is 1. The molecule has 1 fully saturated rings. The van der Waals surface area contributed by atoms with Crippen molar-refractivity contribution in [3.8, 4) is 0 Å². The highest BCUT2D eigenvalue weighted by molar-refractivity contribution is 5.72. The number of rotatable bonds is 0. The van der Waals surface area contributed by atoms with Crippen molar-refractivity contribution < 1.29 is 9.53 Å². The van der Waals surface area contributed by atoms with Gasteiger partial charge in [0.05, 0.1) is 0 Å². The van der Waals surface area contributed by atoms with E-state index in [1.54, 1.807) is 0 Å². The lowest BCUT2D eigenvalue weighted by atomic mass is 9.66. The van der Waals surface area contributed by atoms with Crippen LogP contribution >= 0.6 is 0 Å². The monoisotopic (exact) mass is 231 g/mol. The number of fused-ring (bicyclic) bond motifs is 2. The number of alkyl carbamates (subject to hydrolysis) is 1. The molecule has 1 aromatic carbocycles. The summed E-state index contributed by atoms with van der Waals surface area (Å²) in [5.41, 5.74) is 2.44. The van der Waals surface area contributed by atoms with Gasteiger partial charge in [-0.05, 0) is 29.4 Å². The molecule has 1 saturated heterocycles. The van der Waals surface area contributed by atoms with Gasteiger partial charge in [0.1, 0.15) is 12.1 Å². The largest absolute Gasteiger partial charge is 0.447 e. The number of benzene rings is 1. The summed E-state index contributed by atoms with van der Waals surface area (Å²) in [6, 6.07) is 8.38. The van der Waals surface area contributed by atoms with E-state index in [9.17, 15) is 4.79 Å². The highest BCUT2D eigenvalue weighted by atomic mass is 16.6. The van der Waals surface area contributed by atoms with E-state index in [1.807, 2.05) is 6.07 Å². The fourth-order valence-corrected chi connectivity index (χ4v) is 3.02. The zero-order valence-electron chi connectivity index (χ0n) is 10.2. The van der Waals surface area contributed by atoms with E-state index in [2.05, 4.69) is 37.4 Å². The zero-order chi connectivity index (χ0) is 12.1. The van der Waals surface area contributed by atoms with Crippen molar-refractivity contribution in [1.82, 2.24) is 5.32 Å². The number of hydrogen-bond donors (Lipinski definition) is 1. The van der Waals surface area contributed by atoms with Crippen LogP contribution in [0.4, 0.5) is 4.79 Å². The Morgan fingerprint density at radius 3 is 2.53 bits per heavy atom. The Morgan fingerprint density at radius 1 is 1.18 bits per heavy atom. The van der Waals surface area contributed by atoms with Crippen LogP contribution in [0.3, 0.4) is 0 Å². The average Bonchev–Trinajstić information content (AvgIpc) is 2.69. The Kier molecular flexibility index (Phi) is 2.03. The molecular formula is C14H17NO2. The van der Waals surface area contributed by atoms with Crippen molar-refractivity contribution >= 4 is 6.09 Å². The highest BCUT2D eigenvalue weighted by Crippen LogP contribution is 2.46. The molecule has 0 aromatic heterocycles. The van der Waals surface area contributed by atoms with Gasteiger partial charge in [0, 0.05) is 0 Å². The average molecular weight is 231 g/mol. The minimum Gasteiger partial charge on any atom is -0.447 e. The van der Waals surface area contributed by atoms with Crippen LogP contribution in [0.15, 0.2) is 24.3 Å². The smallest absolute Gasteiger partial charge is 0.408 e. The molecule has 3 nitrogen and oxygen atoms in total. The number of carbonyl (C=O) groups is 1. The van der Waals surface area contributed by atoms with Gasteiger partial charge in [-0.2, -0.15) is 0 Å². The molecule has 3 rings (SSSR count). The fourth-order valence-electron chi connectivity index (χ4n) is 3.02. The predicted molar refractivity (Wildman–Crippen MR) is 64.9 cm³/mol. The molecule has 90 valence electrons. The Labute approximate surface area is 101 Å². The molecule has 1 N–H and O–H groups in total. The maximum atomic E-state index is 11.4. The molecule has 2 aliphatic rings. The van der Waals surface area contributed by atoms with E-state index < -0.39 is 0 Å². The lowest BCUT2D eigenvalue weighted by molar-refractivity contribution is 0.167. The lowest BCUT2D eigenvalue weighted by Gasteiger charge is -2.41. The van der Waals surface area contributed by atoms with Crippen LogP contribution in [0.5, 0.6) is 0 Å². The molecule has 1 unspecified atom stereocenters. The van der Waals surface area contributed by atoms with Gasteiger partial charge in [-0.1, -0.05) is 38.1 Å². The van der Waals surface area contributed by atoms with Gasteiger partial charge in [0.15, 0.2) is 0 Å². The van der Waals surface area contributed by atoms with Crippen molar-refractivity contribution in [2.45, 2.75) is 37.6 Å². The first-order chi connectivity index (χ1) is 8.04. The summed E-state index contributed by atoms with van der Waals surface area (Å²) in [5, 5.41) is 3.00. The number of hydrogen-bond acceptors (Lipinski definition) is 2. The van der Waals surface area contributed by atoms with E-state index in [1.165, 1.54) is 11.1 Å².